The second-order valence-electron chi connectivity index (χ2n) is 6.21. The molecule has 0 amide bonds. The fourth-order valence-corrected chi connectivity index (χ4v) is 3.08. The lowest BCUT2D eigenvalue weighted by Crippen LogP contribution is -2.31. The lowest BCUT2D eigenvalue weighted by atomic mass is 9.79. The van der Waals surface area contributed by atoms with Crippen molar-refractivity contribution in [1.29, 1.82) is 0 Å². The van der Waals surface area contributed by atoms with Gasteiger partial charge < -0.3 is 20.6 Å². The third-order valence-electron chi connectivity index (χ3n) is 4.44. The van der Waals surface area contributed by atoms with E-state index < -0.39 is 11.7 Å². The first-order valence-electron chi connectivity index (χ1n) is 8.62. The van der Waals surface area contributed by atoms with E-state index in [-0.39, 0.29) is 13.2 Å². The van der Waals surface area contributed by atoms with Gasteiger partial charge in [-0.05, 0) is 17.2 Å². The van der Waals surface area contributed by atoms with E-state index in [2.05, 4.69) is 5.32 Å². The zero-order chi connectivity index (χ0) is 18.4. The number of rotatable bonds is 7. The van der Waals surface area contributed by atoms with Crippen LogP contribution in [-0.2, 0) is 5.60 Å². The van der Waals surface area contributed by atoms with Crippen molar-refractivity contribution in [1.82, 2.24) is 0 Å². The molecule has 0 saturated carbocycles. The Morgan fingerprint density at radius 1 is 0.769 bits per heavy atom. The maximum Gasteiger partial charge on any atom is 0.142 e. The molecular formula is C22H23NO3. The standard InChI is InChI=1S/C22H23NO3/c24-16-19(25)15-23-21-14-8-7-13-20(21)22(26,17-9-3-1-4-10-17)18-11-5-2-6-12-18/h1-14,19,23-26H,15-16H2. The number of nitrogens with one attached hydrogen (secondary N) is 1. The number of hydrogen-bond donors (Lipinski definition) is 4. The van der Waals surface area contributed by atoms with E-state index in [0.717, 1.165) is 11.1 Å². The van der Waals surface area contributed by atoms with Gasteiger partial charge in [-0.2, -0.15) is 0 Å². The second kappa shape index (κ2) is 8.15. The molecule has 134 valence electrons. The fourth-order valence-electron chi connectivity index (χ4n) is 3.08. The molecule has 0 spiro atoms. The molecule has 3 aromatic rings. The normalized spacial score (nSPS) is 12.6. The van der Waals surface area contributed by atoms with Crippen molar-refractivity contribution in [2.24, 2.45) is 0 Å². The highest BCUT2D eigenvalue weighted by Crippen LogP contribution is 2.40. The summed E-state index contributed by atoms with van der Waals surface area (Å²) >= 11 is 0. The summed E-state index contributed by atoms with van der Waals surface area (Å²) in [4.78, 5) is 0. The Balaban J connectivity index is 2.12. The Bertz CT molecular complexity index is 782. The molecule has 4 nitrogen and oxygen atoms in total. The maximum absolute atomic E-state index is 11.9. The zero-order valence-electron chi connectivity index (χ0n) is 14.4. The molecule has 26 heavy (non-hydrogen) atoms. The van der Waals surface area contributed by atoms with Crippen LogP contribution < -0.4 is 5.32 Å². The monoisotopic (exact) mass is 349 g/mol. The number of hydrogen-bond acceptors (Lipinski definition) is 4. The van der Waals surface area contributed by atoms with Crippen LogP contribution in [0.1, 0.15) is 16.7 Å². The molecule has 1 atom stereocenters. The van der Waals surface area contributed by atoms with Gasteiger partial charge >= 0.3 is 0 Å². The quantitative estimate of drug-likeness (QED) is 0.495. The maximum atomic E-state index is 11.9. The fraction of sp³-hybridized carbons (Fsp3) is 0.182. The molecule has 0 aliphatic rings. The predicted molar refractivity (Wildman–Crippen MR) is 103 cm³/mol. The van der Waals surface area contributed by atoms with E-state index in [0.29, 0.717) is 11.3 Å². The summed E-state index contributed by atoms with van der Waals surface area (Å²) in [6, 6.07) is 26.5. The molecule has 0 radical (unpaired) electrons. The van der Waals surface area contributed by atoms with Gasteiger partial charge in [-0.3, -0.25) is 0 Å². The smallest absolute Gasteiger partial charge is 0.142 e. The van der Waals surface area contributed by atoms with Gasteiger partial charge in [-0.25, -0.2) is 0 Å². The molecule has 4 N–H and O–H groups in total. The van der Waals surface area contributed by atoms with Gasteiger partial charge in [0.25, 0.3) is 0 Å². The SMILES string of the molecule is OCC(O)CNc1ccccc1C(O)(c1ccccc1)c1ccccc1. The second-order valence-corrected chi connectivity index (χ2v) is 6.21. The highest BCUT2D eigenvalue weighted by atomic mass is 16.3. The molecule has 3 rings (SSSR count). The van der Waals surface area contributed by atoms with Crippen LogP contribution in [0.4, 0.5) is 5.69 Å². The van der Waals surface area contributed by atoms with Crippen molar-refractivity contribution in [3.05, 3.63) is 102 Å². The lowest BCUT2D eigenvalue weighted by molar-refractivity contribution is 0.105. The van der Waals surface area contributed by atoms with E-state index in [1.807, 2.05) is 84.9 Å². The molecule has 0 aliphatic carbocycles. The Hall–Kier alpha value is -2.66. The van der Waals surface area contributed by atoms with Gasteiger partial charge in [-0.1, -0.05) is 78.9 Å². The van der Waals surface area contributed by atoms with Crippen molar-refractivity contribution < 1.29 is 15.3 Å². The first-order chi connectivity index (χ1) is 12.7. The molecule has 0 heterocycles. The van der Waals surface area contributed by atoms with Gasteiger partial charge in [0.1, 0.15) is 5.60 Å². The average molecular weight is 349 g/mol. The topological polar surface area (TPSA) is 72.7 Å². The minimum Gasteiger partial charge on any atom is -0.394 e. The third-order valence-corrected chi connectivity index (χ3v) is 4.44. The van der Waals surface area contributed by atoms with E-state index in [1.54, 1.807) is 0 Å². The van der Waals surface area contributed by atoms with Crippen LogP contribution in [-0.4, -0.2) is 34.6 Å². The molecule has 0 bridgehead atoms. The molecule has 1 unspecified atom stereocenters. The number of aliphatic hydroxyl groups excluding tert-OH is 2. The predicted octanol–water partition coefficient (Wildman–Crippen LogP) is 2.74. The van der Waals surface area contributed by atoms with Gasteiger partial charge in [0, 0.05) is 17.8 Å². The Labute approximate surface area is 153 Å². The average Bonchev–Trinajstić information content (AvgIpc) is 2.73. The molecule has 4 heteroatoms. The number of para-hydroxylation sites is 1. The Kier molecular flexibility index (Phi) is 5.68. The van der Waals surface area contributed by atoms with Gasteiger partial charge in [0.05, 0.1) is 12.7 Å². The Morgan fingerprint density at radius 2 is 1.27 bits per heavy atom. The van der Waals surface area contributed by atoms with Crippen molar-refractivity contribution in [3.8, 4) is 0 Å². The minimum atomic E-state index is -1.35. The summed E-state index contributed by atoms with van der Waals surface area (Å²) in [6.07, 6.45) is -0.871. The molecule has 0 aliphatic heterocycles. The zero-order valence-corrected chi connectivity index (χ0v) is 14.4. The van der Waals surface area contributed by atoms with Crippen LogP contribution >= 0.6 is 0 Å². The van der Waals surface area contributed by atoms with E-state index in [9.17, 15) is 10.2 Å². The van der Waals surface area contributed by atoms with Crippen LogP contribution in [0.2, 0.25) is 0 Å². The molecule has 3 aromatic carbocycles. The highest BCUT2D eigenvalue weighted by Gasteiger charge is 2.35. The van der Waals surface area contributed by atoms with Crippen LogP contribution in [0.3, 0.4) is 0 Å². The first kappa shape index (κ1) is 18.1. The molecule has 0 aromatic heterocycles. The van der Waals surface area contributed by atoms with Crippen LogP contribution in [0.5, 0.6) is 0 Å². The van der Waals surface area contributed by atoms with Crippen LogP contribution in [0.15, 0.2) is 84.9 Å². The van der Waals surface area contributed by atoms with Crippen LogP contribution in [0.25, 0.3) is 0 Å². The van der Waals surface area contributed by atoms with E-state index in [4.69, 9.17) is 5.11 Å². The van der Waals surface area contributed by atoms with Gasteiger partial charge in [-0.15, -0.1) is 0 Å². The summed E-state index contributed by atoms with van der Waals surface area (Å²) in [7, 11) is 0. The van der Waals surface area contributed by atoms with Crippen molar-refractivity contribution in [2.45, 2.75) is 11.7 Å². The molecule has 0 fully saturated rings. The highest BCUT2D eigenvalue weighted by molar-refractivity contribution is 5.60. The van der Waals surface area contributed by atoms with Crippen molar-refractivity contribution in [3.63, 3.8) is 0 Å². The molecular weight excluding hydrogens is 326 g/mol. The van der Waals surface area contributed by atoms with E-state index in [1.165, 1.54) is 0 Å². The van der Waals surface area contributed by atoms with Crippen molar-refractivity contribution >= 4 is 5.69 Å². The largest absolute Gasteiger partial charge is 0.394 e. The summed E-state index contributed by atoms with van der Waals surface area (Å²) in [5, 5.41) is 33.7. The van der Waals surface area contributed by atoms with Crippen molar-refractivity contribution in [2.75, 3.05) is 18.5 Å². The lowest BCUT2D eigenvalue weighted by Gasteiger charge is -2.32. The Morgan fingerprint density at radius 3 is 1.81 bits per heavy atom. The van der Waals surface area contributed by atoms with Gasteiger partial charge in [0.15, 0.2) is 0 Å². The minimum absolute atomic E-state index is 0.188. The number of aliphatic hydroxyl groups is 3. The summed E-state index contributed by atoms with van der Waals surface area (Å²) in [5.74, 6) is 0. The number of anilines is 1. The summed E-state index contributed by atoms with van der Waals surface area (Å²) in [6.45, 7) is -0.135. The summed E-state index contributed by atoms with van der Waals surface area (Å²) in [5.41, 5.74) is 1.54. The third kappa shape index (κ3) is 3.63. The molecule has 0 saturated heterocycles. The summed E-state index contributed by atoms with van der Waals surface area (Å²) < 4.78 is 0. The number of benzene rings is 3. The first-order valence-corrected chi connectivity index (χ1v) is 8.62. The van der Waals surface area contributed by atoms with E-state index >= 15 is 0 Å². The van der Waals surface area contributed by atoms with Gasteiger partial charge in [0.2, 0.25) is 0 Å². The van der Waals surface area contributed by atoms with Crippen LogP contribution in [0, 0.1) is 0 Å².